The smallest absolute Gasteiger partial charge is 0.261 e. The summed E-state index contributed by atoms with van der Waals surface area (Å²) in [5.41, 5.74) is 0.652. The summed E-state index contributed by atoms with van der Waals surface area (Å²) in [4.78, 5) is 22.2. The lowest BCUT2D eigenvalue weighted by Crippen LogP contribution is -2.20. The molecular formula is C11H14N4O. The molecule has 0 aliphatic heterocycles. The molecule has 0 radical (unpaired) electrons. The summed E-state index contributed by atoms with van der Waals surface area (Å²) < 4.78 is 1.64. The highest BCUT2D eigenvalue weighted by molar-refractivity contribution is 5.77. The molecule has 0 unspecified atom stereocenters. The van der Waals surface area contributed by atoms with Gasteiger partial charge in [-0.3, -0.25) is 4.79 Å². The van der Waals surface area contributed by atoms with E-state index in [1.54, 1.807) is 17.0 Å². The fourth-order valence-electron chi connectivity index (χ4n) is 1.52. The van der Waals surface area contributed by atoms with Crippen LogP contribution in [0.2, 0.25) is 0 Å². The Morgan fingerprint density at radius 2 is 2.19 bits per heavy atom. The molecule has 84 valence electrons. The Bertz CT molecular complexity index is 574. The maximum absolute atomic E-state index is 11.9. The lowest BCUT2D eigenvalue weighted by atomic mass is 10.3. The van der Waals surface area contributed by atoms with Gasteiger partial charge in [-0.05, 0) is 13.0 Å². The molecule has 2 aromatic rings. The van der Waals surface area contributed by atoms with Gasteiger partial charge < -0.3 is 9.47 Å². The van der Waals surface area contributed by atoms with Gasteiger partial charge in [-0.2, -0.15) is 0 Å². The molecule has 0 spiro atoms. The molecule has 0 aliphatic rings. The molecule has 0 fully saturated rings. The van der Waals surface area contributed by atoms with E-state index in [0.717, 1.165) is 0 Å². The van der Waals surface area contributed by atoms with Crippen molar-refractivity contribution in [2.45, 2.75) is 13.5 Å². The van der Waals surface area contributed by atoms with Gasteiger partial charge in [-0.25, -0.2) is 9.97 Å². The van der Waals surface area contributed by atoms with Gasteiger partial charge in [-0.1, -0.05) is 0 Å². The molecule has 0 saturated carbocycles. The van der Waals surface area contributed by atoms with Gasteiger partial charge in [0.2, 0.25) is 5.95 Å². The van der Waals surface area contributed by atoms with E-state index in [1.165, 1.54) is 0 Å². The molecular weight excluding hydrogens is 204 g/mol. The van der Waals surface area contributed by atoms with Crippen LogP contribution in [0.15, 0.2) is 23.3 Å². The van der Waals surface area contributed by atoms with Crippen LogP contribution in [-0.4, -0.2) is 28.6 Å². The second-order valence-electron chi connectivity index (χ2n) is 3.77. The minimum Gasteiger partial charge on any atom is -0.347 e. The molecule has 5 nitrogen and oxygen atoms in total. The Hall–Kier alpha value is -1.91. The molecule has 2 aromatic heterocycles. The van der Waals surface area contributed by atoms with Crippen molar-refractivity contribution in [3.63, 3.8) is 0 Å². The maximum atomic E-state index is 11.9. The van der Waals surface area contributed by atoms with Crippen LogP contribution in [0, 0.1) is 0 Å². The second-order valence-corrected chi connectivity index (χ2v) is 3.77. The minimum absolute atomic E-state index is 0.0368. The van der Waals surface area contributed by atoms with Crippen LogP contribution >= 0.6 is 0 Å². The molecule has 0 saturated heterocycles. The molecule has 5 heteroatoms. The zero-order valence-electron chi connectivity index (χ0n) is 9.64. The van der Waals surface area contributed by atoms with Crippen LogP contribution in [-0.2, 0) is 6.54 Å². The van der Waals surface area contributed by atoms with Crippen LogP contribution in [0.25, 0.3) is 10.9 Å². The number of rotatable bonds is 2. The number of fused-ring (bicyclic) bond motifs is 1. The topological polar surface area (TPSA) is 51.0 Å². The Kier molecular flexibility index (Phi) is 2.60. The highest BCUT2D eigenvalue weighted by Gasteiger charge is 2.05. The first-order chi connectivity index (χ1) is 7.63. The van der Waals surface area contributed by atoms with E-state index in [1.807, 2.05) is 32.0 Å². The van der Waals surface area contributed by atoms with Crippen LogP contribution < -0.4 is 10.5 Å². The number of nitrogens with zero attached hydrogens (tertiary/aromatic N) is 4. The van der Waals surface area contributed by atoms with Crippen LogP contribution in [0.4, 0.5) is 5.95 Å². The first-order valence-corrected chi connectivity index (χ1v) is 5.17. The first kappa shape index (κ1) is 10.6. The van der Waals surface area contributed by atoms with Crippen molar-refractivity contribution in [1.82, 2.24) is 14.5 Å². The van der Waals surface area contributed by atoms with Gasteiger partial charge in [0.1, 0.15) is 0 Å². The molecule has 0 atom stereocenters. The summed E-state index contributed by atoms with van der Waals surface area (Å²) in [6, 6.07) is 1.84. The zero-order chi connectivity index (χ0) is 11.7. The molecule has 16 heavy (non-hydrogen) atoms. The van der Waals surface area contributed by atoms with E-state index in [4.69, 9.17) is 0 Å². The fraction of sp³-hybridized carbons (Fsp3) is 0.364. The molecule has 2 rings (SSSR count). The Balaban J connectivity index is 2.70. The Morgan fingerprint density at radius 1 is 1.44 bits per heavy atom. The second kappa shape index (κ2) is 3.92. The number of aryl methyl sites for hydroxylation is 1. The lowest BCUT2D eigenvalue weighted by molar-refractivity contribution is 0.733. The van der Waals surface area contributed by atoms with Gasteiger partial charge in [0.25, 0.3) is 5.56 Å². The summed E-state index contributed by atoms with van der Waals surface area (Å²) in [5.74, 6) is 0.612. The fourth-order valence-corrected chi connectivity index (χ4v) is 1.52. The van der Waals surface area contributed by atoms with Gasteiger partial charge in [0, 0.05) is 33.0 Å². The highest BCUT2D eigenvalue weighted by atomic mass is 16.1. The van der Waals surface area contributed by atoms with Crippen molar-refractivity contribution >= 4 is 16.9 Å². The quantitative estimate of drug-likeness (QED) is 0.750. The van der Waals surface area contributed by atoms with E-state index >= 15 is 0 Å². The Labute approximate surface area is 93.4 Å². The molecule has 0 amide bonds. The summed E-state index contributed by atoms with van der Waals surface area (Å²) in [6.45, 7) is 2.59. The van der Waals surface area contributed by atoms with Crippen molar-refractivity contribution < 1.29 is 0 Å². The lowest BCUT2D eigenvalue weighted by Gasteiger charge is -2.10. The van der Waals surface area contributed by atoms with Gasteiger partial charge in [-0.15, -0.1) is 0 Å². The van der Waals surface area contributed by atoms with Crippen molar-refractivity contribution in [3.8, 4) is 0 Å². The molecule has 0 aliphatic carbocycles. The molecule has 0 aromatic carbocycles. The predicted octanol–water partition coefficient (Wildman–Crippen LogP) is 0.877. The van der Waals surface area contributed by atoms with Gasteiger partial charge in [0.05, 0.1) is 10.9 Å². The summed E-state index contributed by atoms with van der Waals surface area (Å²) in [5, 5.41) is 0.565. The van der Waals surface area contributed by atoms with E-state index < -0.39 is 0 Å². The first-order valence-electron chi connectivity index (χ1n) is 5.17. The third kappa shape index (κ3) is 1.64. The normalized spacial score (nSPS) is 10.7. The monoisotopic (exact) mass is 218 g/mol. The van der Waals surface area contributed by atoms with E-state index in [9.17, 15) is 4.79 Å². The summed E-state index contributed by atoms with van der Waals surface area (Å²) in [7, 11) is 3.74. The highest BCUT2D eigenvalue weighted by Crippen LogP contribution is 2.09. The van der Waals surface area contributed by atoms with Crippen LogP contribution in [0.5, 0.6) is 0 Å². The van der Waals surface area contributed by atoms with Crippen LogP contribution in [0.3, 0.4) is 0 Å². The third-order valence-electron chi connectivity index (χ3n) is 2.45. The molecule has 2 heterocycles. The summed E-state index contributed by atoms with van der Waals surface area (Å²) >= 11 is 0. The predicted molar refractivity (Wildman–Crippen MR) is 63.8 cm³/mol. The summed E-state index contributed by atoms with van der Waals surface area (Å²) in [6.07, 6.45) is 3.35. The van der Waals surface area contributed by atoms with E-state index in [0.29, 0.717) is 23.4 Å². The average molecular weight is 218 g/mol. The average Bonchev–Trinajstić information content (AvgIpc) is 2.29. The molecule has 0 bridgehead atoms. The van der Waals surface area contributed by atoms with E-state index in [-0.39, 0.29) is 5.56 Å². The number of hydrogen-bond donors (Lipinski definition) is 0. The van der Waals surface area contributed by atoms with Gasteiger partial charge >= 0.3 is 0 Å². The third-order valence-corrected chi connectivity index (χ3v) is 2.45. The van der Waals surface area contributed by atoms with Crippen molar-refractivity contribution in [2.75, 3.05) is 19.0 Å². The molecule has 0 N–H and O–H groups in total. The number of pyridine rings is 1. The zero-order valence-corrected chi connectivity index (χ0v) is 9.64. The largest absolute Gasteiger partial charge is 0.347 e. The standard InChI is InChI=1S/C11H14N4O/c1-4-15-6-5-9-8(10(15)16)7-12-11(13-9)14(2)3/h5-7H,4H2,1-3H3. The number of anilines is 1. The van der Waals surface area contributed by atoms with Crippen LogP contribution in [0.1, 0.15) is 6.92 Å². The van der Waals surface area contributed by atoms with Crippen molar-refractivity contribution in [1.29, 1.82) is 0 Å². The van der Waals surface area contributed by atoms with E-state index in [2.05, 4.69) is 9.97 Å². The SMILES string of the molecule is CCn1ccc2nc(N(C)C)ncc2c1=O. The Morgan fingerprint density at radius 3 is 2.81 bits per heavy atom. The number of aromatic nitrogens is 3. The minimum atomic E-state index is -0.0368. The van der Waals surface area contributed by atoms with Crippen molar-refractivity contribution in [2.24, 2.45) is 0 Å². The maximum Gasteiger partial charge on any atom is 0.261 e. The number of hydrogen-bond acceptors (Lipinski definition) is 4. The van der Waals surface area contributed by atoms with Gasteiger partial charge in [0.15, 0.2) is 0 Å². The van der Waals surface area contributed by atoms with Crippen molar-refractivity contribution in [3.05, 3.63) is 28.8 Å².